The van der Waals surface area contributed by atoms with Crippen molar-refractivity contribution in [2.24, 2.45) is 11.7 Å². The third-order valence-electron chi connectivity index (χ3n) is 4.37. The van der Waals surface area contributed by atoms with Gasteiger partial charge in [0.15, 0.2) is 0 Å². The second kappa shape index (κ2) is 9.64. The molecule has 2 atom stereocenters. The van der Waals surface area contributed by atoms with Crippen molar-refractivity contribution in [1.29, 1.82) is 0 Å². The zero-order valence-electron chi connectivity index (χ0n) is 15.2. The topological polar surface area (TPSA) is 84.2 Å². The van der Waals surface area contributed by atoms with Crippen LogP contribution in [-0.2, 0) is 9.59 Å². The van der Waals surface area contributed by atoms with E-state index in [1.165, 1.54) is 6.92 Å². The fourth-order valence-corrected chi connectivity index (χ4v) is 2.28. The summed E-state index contributed by atoms with van der Waals surface area (Å²) in [6.45, 7) is 9.81. The third-order valence-corrected chi connectivity index (χ3v) is 4.37. The first-order valence-electron chi connectivity index (χ1n) is 8.02. The first kappa shape index (κ1) is 22.4. The minimum Gasteiger partial charge on any atom is -0.349 e. The molecule has 0 radical (unpaired) electrons. The number of rotatable bonds is 7. The summed E-state index contributed by atoms with van der Waals surface area (Å²) in [6.07, 6.45) is 0.185. The Bertz CT molecular complexity index is 546. The van der Waals surface area contributed by atoms with Crippen molar-refractivity contribution in [1.82, 2.24) is 10.6 Å². The molecule has 1 rings (SSSR count). The summed E-state index contributed by atoms with van der Waals surface area (Å²) < 4.78 is 0. The molecule has 0 fully saturated rings. The van der Waals surface area contributed by atoms with Gasteiger partial charge in [0.05, 0.1) is 18.0 Å². The Morgan fingerprint density at radius 2 is 1.75 bits per heavy atom. The van der Waals surface area contributed by atoms with Crippen LogP contribution in [0.5, 0.6) is 0 Å². The van der Waals surface area contributed by atoms with Crippen LogP contribution in [0.2, 0.25) is 0 Å². The molecule has 0 heterocycles. The molecule has 6 heteroatoms. The first-order valence-corrected chi connectivity index (χ1v) is 8.02. The Hall–Kier alpha value is -1.59. The molecular formula is C18H30ClN3O2. The molecule has 0 bridgehead atoms. The Morgan fingerprint density at radius 1 is 1.21 bits per heavy atom. The second-order valence-electron chi connectivity index (χ2n) is 6.69. The number of aryl methyl sites for hydroxylation is 1. The van der Waals surface area contributed by atoms with Gasteiger partial charge in [-0.3, -0.25) is 9.59 Å². The summed E-state index contributed by atoms with van der Waals surface area (Å²) in [5.74, 6) is -0.0603. The monoisotopic (exact) mass is 355 g/mol. The number of nitrogens with two attached hydrogens (primary N) is 1. The van der Waals surface area contributed by atoms with E-state index >= 15 is 0 Å². The quantitative estimate of drug-likeness (QED) is 0.702. The van der Waals surface area contributed by atoms with Gasteiger partial charge in [0, 0.05) is 13.5 Å². The lowest BCUT2D eigenvalue weighted by atomic mass is 9.88. The lowest BCUT2D eigenvalue weighted by Gasteiger charge is -2.34. The fourth-order valence-electron chi connectivity index (χ4n) is 2.28. The van der Waals surface area contributed by atoms with Gasteiger partial charge in [-0.25, -0.2) is 0 Å². The lowest BCUT2D eigenvalue weighted by Crippen LogP contribution is -2.55. The zero-order valence-corrected chi connectivity index (χ0v) is 16.0. The van der Waals surface area contributed by atoms with Crippen LogP contribution in [0.4, 0.5) is 0 Å². The summed E-state index contributed by atoms with van der Waals surface area (Å²) in [6, 6.07) is 7.48. The predicted molar refractivity (Wildman–Crippen MR) is 100 cm³/mol. The van der Waals surface area contributed by atoms with Crippen LogP contribution in [0.25, 0.3) is 0 Å². The largest absolute Gasteiger partial charge is 0.349 e. The van der Waals surface area contributed by atoms with Crippen LogP contribution in [0.1, 0.15) is 51.3 Å². The molecular weight excluding hydrogens is 326 g/mol. The lowest BCUT2D eigenvalue weighted by molar-refractivity contribution is -0.124. The molecule has 0 spiro atoms. The molecule has 0 aliphatic heterocycles. The Kier molecular flexibility index (Phi) is 9.01. The van der Waals surface area contributed by atoms with Crippen LogP contribution in [-0.4, -0.2) is 23.9 Å². The van der Waals surface area contributed by atoms with E-state index in [9.17, 15) is 9.59 Å². The van der Waals surface area contributed by atoms with Crippen LogP contribution in [0.3, 0.4) is 0 Å². The number of benzene rings is 1. The molecule has 0 aliphatic rings. The van der Waals surface area contributed by atoms with Gasteiger partial charge in [-0.15, -0.1) is 12.4 Å². The van der Waals surface area contributed by atoms with Gasteiger partial charge in [0.25, 0.3) is 0 Å². The minimum atomic E-state index is -0.453. The fraction of sp³-hybridized carbons (Fsp3) is 0.556. The van der Waals surface area contributed by atoms with Gasteiger partial charge in [-0.05, 0) is 25.3 Å². The number of hydrogen-bond acceptors (Lipinski definition) is 3. The average molecular weight is 356 g/mol. The van der Waals surface area contributed by atoms with Gasteiger partial charge in [0.2, 0.25) is 11.8 Å². The van der Waals surface area contributed by atoms with Crippen molar-refractivity contribution in [3.05, 3.63) is 35.4 Å². The zero-order chi connectivity index (χ0) is 17.6. The first-order chi connectivity index (χ1) is 10.7. The molecule has 0 aliphatic carbocycles. The van der Waals surface area contributed by atoms with Crippen LogP contribution >= 0.6 is 12.4 Å². The van der Waals surface area contributed by atoms with Crippen LogP contribution in [0.15, 0.2) is 24.3 Å². The number of carbonyl (C=O) groups is 2. The van der Waals surface area contributed by atoms with Crippen molar-refractivity contribution < 1.29 is 9.59 Å². The van der Waals surface area contributed by atoms with Crippen molar-refractivity contribution in [2.75, 3.05) is 6.54 Å². The third kappa shape index (κ3) is 6.49. The van der Waals surface area contributed by atoms with E-state index in [1.807, 2.05) is 52.0 Å². The van der Waals surface area contributed by atoms with E-state index in [2.05, 4.69) is 10.6 Å². The summed E-state index contributed by atoms with van der Waals surface area (Å²) in [5.41, 5.74) is 7.41. The summed E-state index contributed by atoms with van der Waals surface area (Å²) in [7, 11) is 0. The maximum atomic E-state index is 12.4. The van der Waals surface area contributed by atoms with Gasteiger partial charge in [0.1, 0.15) is 0 Å². The number of hydrogen-bond donors (Lipinski definition) is 3. The number of amides is 2. The molecule has 0 saturated carbocycles. The smallest absolute Gasteiger partial charge is 0.222 e. The number of halogens is 1. The average Bonchev–Trinajstić information content (AvgIpc) is 2.46. The molecule has 4 N–H and O–H groups in total. The van der Waals surface area contributed by atoms with E-state index in [0.29, 0.717) is 6.54 Å². The van der Waals surface area contributed by atoms with E-state index in [0.717, 1.165) is 11.1 Å². The molecule has 2 unspecified atom stereocenters. The molecule has 0 aromatic heterocycles. The highest BCUT2D eigenvalue weighted by Gasteiger charge is 2.29. The predicted octanol–water partition coefficient (Wildman–Crippen LogP) is 2.47. The van der Waals surface area contributed by atoms with Gasteiger partial charge in [-0.2, -0.15) is 0 Å². The highest BCUT2D eigenvalue weighted by atomic mass is 35.5. The maximum absolute atomic E-state index is 12.4. The van der Waals surface area contributed by atoms with E-state index in [-0.39, 0.29) is 42.6 Å². The highest BCUT2D eigenvalue weighted by molar-refractivity contribution is 5.85. The number of nitrogens with one attached hydrogen (secondary N) is 2. The van der Waals surface area contributed by atoms with Crippen molar-refractivity contribution >= 4 is 24.2 Å². The molecule has 5 nitrogen and oxygen atoms in total. The van der Waals surface area contributed by atoms with Crippen molar-refractivity contribution in [2.45, 2.75) is 52.6 Å². The normalized spacial score (nSPS) is 14.3. The Labute approximate surface area is 151 Å². The molecule has 2 amide bonds. The molecule has 0 saturated heterocycles. The Balaban J connectivity index is 0.00000529. The standard InChI is InChI=1S/C18H29N3O2.ClH/c1-12(2)18(5,11-19)21-17(23)10-16(20-14(4)22)15-8-6-13(3)7-9-15;/h6-9,12,16H,10-11,19H2,1-5H3,(H,20,22)(H,21,23);1H. The van der Waals surface area contributed by atoms with Gasteiger partial charge < -0.3 is 16.4 Å². The molecule has 24 heavy (non-hydrogen) atoms. The second-order valence-corrected chi connectivity index (χ2v) is 6.69. The van der Waals surface area contributed by atoms with Crippen molar-refractivity contribution in [3.8, 4) is 0 Å². The van der Waals surface area contributed by atoms with E-state index < -0.39 is 5.54 Å². The van der Waals surface area contributed by atoms with Crippen molar-refractivity contribution in [3.63, 3.8) is 0 Å². The van der Waals surface area contributed by atoms with Gasteiger partial charge >= 0.3 is 0 Å². The SMILES string of the molecule is CC(=O)NC(CC(=O)NC(C)(CN)C(C)C)c1ccc(C)cc1.Cl. The molecule has 1 aromatic carbocycles. The summed E-state index contributed by atoms with van der Waals surface area (Å²) in [5, 5.41) is 5.86. The summed E-state index contributed by atoms with van der Waals surface area (Å²) in [4.78, 5) is 23.9. The van der Waals surface area contributed by atoms with E-state index in [1.54, 1.807) is 0 Å². The number of carbonyl (C=O) groups excluding carboxylic acids is 2. The molecule has 1 aromatic rings. The maximum Gasteiger partial charge on any atom is 0.222 e. The minimum absolute atomic E-state index is 0. The van der Waals surface area contributed by atoms with E-state index in [4.69, 9.17) is 5.73 Å². The van der Waals surface area contributed by atoms with Crippen LogP contribution < -0.4 is 16.4 Å². The Morgan fingerprint density at radius 3 is 2.17 bits per heavy atom. The van der Waals surface area contributed by atoms with Crippen LogP contribution in [0, 0.1) is 12.8 Å². The highest BCUT2D eigenvalue weighted by Crippen LogP contribution is 2.20. The molecule has 136 valence electrons. The summed E-state index contributed by atoms with van der Waals surface area (Å²) >= 11 is 0. The van der Waals surface area contributed by atoms with Gasteiger partial charge in [-0.1, -0.05) is 43.7 Å².